The minimum absolute atomic E-state index is 0.223. The van der Waals surface area contributed by atoms with Crippen LogP contribution in [0.4, 0.5) is 0 Å². The van der Waals surface area contributed by atoms with Crippen LogP contribution < -0.4 is 4.74 Å². The molecule has 0 amide bonds. The number of benzene rings is 6. The Kier molecular flexibility index (Phi) is 9.76. The van der Waals surface area contributed by atoms with Gasteiger partial charge in [0.2, 0.25) is 23.1 Å². The maximum absolute atomic E-state index is 12.9. The van der Waals surface area contributed by atoms with E-state index in [0.29, 0.717) is 11.5 Å². The second-order valence-corrected chi connectivity index (χ2v) is 10.9. The summed E-state index contributed by atoms with van der Waals surface area (Å²) in [5.74, 6) is 10.5. The van der Waals surface area contributed by atoms with Crippen molar-refractivity contribution in [3.8, 4) is 35.2 Å². The first-order chi connectivity index (χ1) is 23.9. The molecule has 0 saturated carbocycles. The van der Waals surface area contributed by atoms with Crippen LogP contribution in [0.1, 0.15) is 63.7 Å². The molecule has 0 spiro atoms. The molecular weight excluding hydrogens is 608 g/mol. The predicted octanol–water partition coefficient (Wildman–Crippen LogP) is 8.41. The van der Waals surface area contributed by atoms with Crippen molar-refractivity contribution in [2.24, 2.45) is 0 Å². The molecule has 0 fully saturated rings. The summed E-state index contributed by atoms with van der Waals surface area (Å²) >= 11 is 0. The zero-order valence-corrected chi connectivity index (χ0v) is 26.1. The Morgan fingerprint density at radius 1 is 0.306 bits per heavy atom. The van der Waals surface area contributed by atoms with Crippen LogP contribution in [0, 0.1) is 23.7 Å². The van der Waals surface area contributed by atoms with Crippen molar-refractivity contribution in [2.75, 3.05) is 0 Å². The largest absolute Gasteiger partial charge is 0.457 e. The van der Waals surface area contributed by atoms with E-state index in [-0.39, 0.29) is 22.3 Å². The summed E-state index contributed by atoms with van der Waals surface area (Å²) in [6.45, 7) is 0. The standard InChI is InChI=1S/C44H26O5/c45-41(35-19-15-33(16-20-35)13-11-31-7-3-1-4-8-31)43(47)37-23-27-39(28-24-37)49-40-29-25-38(26-30-40)44(48)42(46)36-21-17-34(18-22-36)14-12-32-9-5-2-6-10-32/h1-10,15-30H. The molecule has 232 valence electrons. The van der Waals surface area contributed by atoms with Gasteiger partial charge in [-0.15, -0.1) is 0 Å². The number of carbonyl (C=O) groups is 4. The zero-order valence-electron chi connectivity index (χ0n) is 26.1. The average Bonchev–Trinajstić information content (AvgIpc) is 3.17. The monoisotopic (exact) mass is 634 g/mol. The summed E-state index contributed by atoms with van der Waals surface area (Å²) in [5, 5.41) is 0. The molecule has 0 heterocycles. The van der Waals surface area contributed by atoms with Gasteiger partial charge in [0, 0.05) is 44.5 Å². The van der Waals surface area contributed by atoms with Crippen molar-refractivity contribution >= 4 is 23.1 Å². The van der Waals surface area contributed by atoms with Gasteiger partial charge in [-0.2, -0.15) is 0 Å². The number of ether oxygens (including phenoxy) is 1. The van der Waals surface area contributed by atoms with Gasteiger partial charge in [-0.1, -0.05) is 60.1 Å². The lowest BCUT2D eigenvalue weighted by Gasteiger charge is -2.08. The molecule has 6 rings (SSSR count). The van der Waals surface area contributed by atoms with Crippen LogP contribution in [0.5, 0.6) is 11.5 Å². The van der Waals surface area contributed by atoms with Gasteiger partial charge >= 0.3 is 0 Å². The van der Waals surface area contributed by atoms with Crippen molar-refractivity contribution in [1.29, 1.82) is 0 Å². The summed E-state index contributed by atoms with van der Waals surface area (Å²) in [6, 6.07) is 44.7. The molecule has 0 radical (unpaired) electrons. The number of hydrogen-bond donors (Lipinski definition) is 0. The topological polar surface area (TPSA) is 77.5 Å². The Labute approximate surface area is 283 Å². The molecule has 6 aromatic carbocycles. The summed E-state index contributed by atoms with van der Waals surface area (Å²) in [4.78, 5) is 51.5. The molecule has 0 unspecified atom stereocenters. The lowest BCUT2D eigenvalue weighted by molar-refractivity contribution is 0.0817. The Hall–Kier alpha value is -7.08. The van der Waals surface area contributed by atoms with Crippen LogP contribution in [-0.2, 0) is 0 Å². The summed E-state index contributed by atoms with van der Waals surface area (Å²) < 4.78 is 5.86. The highest BCUT2D eigenvalue weighted by Crippen LogP contribution is 2.23. The summed E-state index contributed by atoms with van der Waals surface area (Å²) in [7, 11) is 0. The van der Waals surface area contributed by atoms with Crippen molar-refractivity contribution in [1.82, 2.24) is 0 Å². The highest BCUT2D eigenvalue weighted by molar-refractivity contribution is 6.49. The van der Waals surface area contributed by atoms with Gasteiger partial charge in [0.15, 0.2) is 0 Å². The lowest BCUT2D eigenvalue weighted by atomic mass is 10.0. The fourth-order valence-electron chi connectivity index (χ4n) is 4.75. The molecule has 49 heavy (non-hydrogen) atoms. The molecule has 0 aromatic heterocycles. The van der Waals surface area contributed by atoms with E-state index in [1.54, 1.807) is 72.8 Å². The smallest absolute Gasteiger partial charge is 0.233 e. The lowest BCUT2D eigenvalue weighted by Crippen LogP contribution is -2.14. The van der Waals surface area contributed by atoms with E-state index >= 15 is 0 Å². The van der Waals surface area contributed by atoms with Crippen LogP contribution in [0.15, 0.2) is 158 Å². The van der Waals surface area contributed by atoms with Gasteiger partial charge in [-0.05, 0) is 121 Å². The van der Waals surface area contributed by atoms with Crippen molar-refractivity contribution in [2.45, 2.75) is 0 Å². The highest BCUT2D eigenvalue weighted by Gasteiger charge is 2.20. The van der Waals surface area contributed by atoms with Gasteiger partial charge in [0.05, 0.1) is 0 Å². The molecule has 5 nitrogen and oxygen atoms in total. The van der Waals surface area contributed by atoms with Crippen molar-refractivity contribution < 1.29 is 23.9 Å². The fraction of sp³-hybridized carbons (Fsp3) is 0. The molecule has 0 aliphatic heterocycles. The van der Waals surface area contributed by atoms with Crippen molar-refractivity contribution in [3.05, 3.63) is 202 Å². The minimum Gasteiger partial charge on any atom is -0.457 e. The van der Waals surface area contributed by atoms with Gasteiger partial charge in [0.25, 0.3) is 0 Å². The summed E-state index contributed by atoms with van der Waals surface area (Å²) in [5.41, 5.74) is 4.22. The molecule has 0 saturated heterocycles. The fourth-order valence-corrected chi connectivity index (χ4v) is 4.75. The first kappa shape index (κ1) is 31.9. The van der Waals surface area contributed by atoms with Gasteiger partial charge < -0.3 is 4.74 Å². The van der Waals surface area contributed by atoms with Gasteiger partial charge in [-0.3, -0.25) is 19.2 Å². The quantitative estimate of drug-likeness (QED) is 0.0955. The third-order valence-corrected chi connectivity index (χ3v) is 7.43. The van der Waals surface area contributed by atoms with Crippen LogP contribution in [0.3, 0.4) is 0 Å². The number of ketones is 4. The normalized spacial score (nSPS) is 10.0. The maximum atomic E-state index is 12.9. The molecule has 6 aromatic rings. The van der Waals surface area contributed by atoms with E-state index in [4.69, 9.17) is 4.74 Å². The molecule has 0 bridgehead atoms. The van der Waals surface area contributed by atoms with E-state index < -0.39 is 23.1 Å². The Bertz CT molecular complexity index is 2100. The predicted molar refractivity (Wildman–Crippen MR) is 188 cm³/mol. The Balaban J connectivity index is 1.03. The minimum atomic E-state index is -0.642. The molecule has 5 heteroatoms. The Morgan fingerprint density at radius 2 is 0.551 bits per heavy atom. The van der Waals surface area contributed by atoms with Crippen LogP contribution in [-0.4, -0.2) is 23.1 Å². The second-order valence-electron chi connectivity index (χ2n) is 10.9. The first-order valence-corrected chi connectivity index (χ1v) is 15.3. The van der Waals surface area contributed by atoms with E-state index in [1.165, 1.54) is 24.3 Å². The van der Waals surface area contributed by atoms with Gasteiger partial charge in [0.1, 0.15) is 11.5 Å². The molecule has 0 atom stereocenters. The molecule has 0 aliphatic rings. The van der Waals surface area contributed by atoms with Crippen molar-refractivity contribution in [3.63, 3.8) is 0 Å². The number of carbonyl (C=O) groups excluding carboxylic acids is 4. The average molecular weight is 635 g/mol. The highest BCUT2D eigenvalue weighted by atomic mass is 16.5. The zero-order chi connectivity index (χ0) is 34.0. The van der Waals surface area contributed by atoms with Crippen LogP contribution in [0.2, 0.25) is 0 Å². The van der Waals surface area contributed by atoms with Gasteiger partial charge in [-0.25, -0.2) is 0 Å². The van der Waals surface area contributed by atoms with E-state index in [0.717, 1.165) is 22.3 Å². The summed E-state index contributed by atoms with van der Waals surface area (Å²) in [6.07, 6.45) is 0. The maximum Gasteiger partial charge on any atom is 0.233 e. The third-order valence-electron chi connectivity index (χ3n) is 7.43. The molecule has 0 aliphatic carbocycles. The van der Waals surface area contributed by atoms with E-state index in [9.17, 15) is 19.2 Å². The molecule has 0 N–H and O–H groups in total. The third kappa shape index (κ3) is 8.20. The first-order valence-electron chi connectivity index (χ1n) is 15.3. The van der Waals surface area contributed by atoms with E-state index in [1.807, 2.05) is 60.7 Å². The van der Waals surface area contributed by atoms with Crippen LogP contribution >= 0.6 is 0 Å². The number of hydrogen-bond acceptors (Lipinski definition) is 5. The second kappa shape index (κ2) is 15.0. The number of Topliss-reactive ketones (excluding diaryl/α,β-unsaturated/α-hetero) is 4. The Morgan fingerprint density at radius 3 is 0.837 bits per heavy atom. The SMILES string of the molecule is O=C(C(=O)c1ccc(Oc2ccc(C(=O)C(=O)c3ccc(C#Cc4ccccc4)cc3)cc2)cc1)c1ccc(C#Cc2ccccc2)cc1. The van der Waals surface area contributed by atoms with E-state index in [2.05, 4.69) is 23.7 Å². The number of rotatable bonds is 8. The van der Waals surface area contributed by atoms with Crippen LogP contribution in [0.25, 0.3) is 0 Å². The molecular formula is C44H26O5.